The monoisotopic (exact) mass is 338 g/mol. The predicted molar refractivity (Wildman–Crippen MR) is 90.3 cm³/mol. The van der Waals surface area contributed by atoms with Gasteiger partial charge in [0.1, 0.15) is 5.82 Å². The lowest BCUT2D eigenvalue weighted by Gasteiger charge is -2.34. The summed E-state index contributed by atoms with van der Waals surface area (Å²) in [4.78, 5) is 14.7. The molecule has 2 rings (SSSR count). The molecule has 0 aromatic heterocycles. The van der Waals surface area contributed by atoms with E-state index in [1.54, 1.807) is 0 Å². The maximum atomic E-state index is 13.0. The molecule has 1 fully saturated rings. The molecule has 0 bridgehead atoms. The summed E-state index contributed by atoms with van der Waals surface area (Å²) in [5.41, 5.74) is 0.599. The van der Waals surface area contributed by atoms with Crippen molar-refractivity contribution in [3.05, 3.63) is 35.6 Å². The molecule has 1 saturated heterocycles. The van der Waals surface area contributed by atoms with E-state index >= 15 is 0 Å². The second-order valence-corrected chi connectivity index (χ2v) is 6.68. The Balaban J connectivity index is 1.85. The number of ether oxygens (including phenoxy) is 1. The number of rotatable bonds is 7. The molecule has 6 heteroatoms. The molecular formula is C18H27FN2O3. The van der Waals surface area contributed by atoms with Crippen molar-refractivity contribution in [1.29, 1.82) is 0 Å². The Morgan fingerprint density at radius 1 is 1.42 bits per heavy atom. The SMILES string of the molecule is CC(C)CN1CCO[C@@H](CNC(=O)[C@H](CO)c2ccc(F)cc2)C1. The van der Waals surface area contributed by atoms with Crippen LogP contribution in [0.25, 0.3) is 0 Å². The van der Waals surface area contributed by atoms with Crippen LogP contribution in [0.4, 0.5) is 4.39 Å². The van der Waals surface area contributed by atoms with E-state index in [-0.39, 0.29) is 24.4 Å². The Morgan fingerprint density at radius 2 is 2.12 bits per heavy atom. The van der Waals surface area contributed by atoms with E-state index in [0.717, 1.165) is 19.6 Å². The molecule has 134 valence electrons. The van der Waals surface area contributed by atoms with Gasteiger partial charge in [-0.3, -0.25) is 9.69 Å². The summed E-state index contributed by atoms with van der Waals surface area (Å²) >= 11 is 0. The number of amides is 1. The van der Waals surface area contributed by atoms with E-state index in [1.165, 1.54) is 24.3 Å². The Morgan fingerprint density at radius 3 is 2.75 bits per heavy atom. The van der Waals surface area contributed by atoms with Crippen molar-refractivity contribution in [3.8, 4) is 0 Å². The van der Waals surface area contributed by atoms with Crippen molar-refractivity contribution in [2.45, 2.75) is 25.9 Å². The fourth-order valence-corrected chi connectivity index (χ4v) is 2.96. The molecule has 0 spiro atoms. The Bertz CT molecular complexity index is 522. The topological polar surface area (TPSA) is 61.8 Å². The summed E-state index contributed by atoms with van der Waals surface area (Å²) in [6.45, 7) is 7.84. The summed E-state index contributed by atoms with van der Waals surface area (Å²) in [6.07, 6.45) is -0.0472. The largest absolute Gasteiger partial charge is 0.395 e. The summed E-state index contributed by atoms with van der Waals surface area (Å²) < 4.78 is 18.7. The van der Waals surface area contributed by atoms with Crippen molar-refractivity contribution >= 4 is 5.91 Å². The maximum absolute atomic E-state index is 13.0. The highest BCUT2D eigenvalue weighted by molar-refractivity contribution is 5.83. The minimum Gasteiger partial charge on any atom is -0.395 e. The number of aliphatic hydroxyl groups is 1. The fraction of sp³-hybridized carbons (Fsp3) is 0.611. The van der Waals surface area contributed by atoms with Gasteiger partial charge in [0.2, 0.25) is 5.91 Å². The molecule has 24 heavy (non-hydrogen) atoms. The zero-order chi connectivity index (χ0) is 17.5. The van der Waals surface area contributed by atoms with Crippen LogP contribution in [-0.2, 0) is 9.53 Å². The van der Waals surface area contributed by atoms with Gasteiger partial charge in [0, 0.05) is 26.2 Å². The molecular weight excluding hydrogens is 311 g/mol. The molecule has 2 atom stereocenters. The third-order valence-electron chi connectivity index (χ3n) is 4.12. The molecule has 1 amide bonds. The number of nitrogens with zero attached hydrogens (tertiary/aromatic N) is 1. The van der Waals surface area contributed by atoms with Gasteiger partial charge in [-0.25, -0.2) is 4.39 Å². The first kappa shape index (κ1) is 18.8. The number of morpholine rings is 1. The van der Waals surface area contributed by atoms with Gasteiger partial charge in [-0.15, -0.1) is 0 Å². The number of carbonyl (C=O) groups is 1. The molecule has 1 heterocycles. The quantitative estimate of drug-likeness (QED) is 0.788. The van der Waals surface area contributed by atoms with Gasteiger partial charge in [0.25, 0.3) is 0 Å². The lowest BCUT2D eigenvalue weighted by molar-refractivity contribution is -0.124. The van der Waals surface area contributed by atoms with Crippen LogP contribution in [0.5, 0.6) is 0 Å². The van der Waals surface area contributed by atoms with Crippen molar-refractivity contribution in [2.75, 3.05) is 39.4 Å². The van der Waals surface area contributed by atoms with Crippen LogP contribution in [0.1, 0.15) is 25.3 Å². The molecule has 0 aliphatic carbocycles. The standard InChI is InChI=1S/C18H27FN2O3/c1-13(2)10-21-7-8-24-16(11-21)9-20-18(23)17(12-22)14-3-5-15(19)6-4-14/h3-6,13,16-17,22H,7-12H2,1-2H3,(H,20,23)/t16-,17+/m0/s1. The Kier molecular flexibility index (Phi) is 7.15. The molecule has 0 unspecified atom stereocenters. The number of aliphatic hydroxyl groups excluding tert-OH is 1. The average Bonchev–Trinajstić information content (AvgIpc) is 2.55. The molecule has 0 saturated carbocycles. The number of nitrogens with one attached hydrogen (secondary N) is 1. The van der Waals surface area contributed by atoms with Crippen LogP contribution in [0.3, 0.4) is 0 Å². The molecule has 5 nitrogen and oxygen atoms in total. The Labute approximate surface area is 142 Å². The first-order valence-electron chi connectivity index (χ1n) is 8.47. The van der Waals surface area contributed by atoms with Gasteiger partial charge in [-0.05, 0) is 23.6 Å². The van der Waals surface area contributed by atoms with E-state index in [4.69, 9.17) is 4.74 Å². The molecule has 1 aromatic carbocycles. The normalized spacial score (nSPS) is 20.1. The van der Waals surface area contributed by atoms with Crippen LogP contribution in [0.2, 0.25) is 0 Å². The van der Waals surface area contributed by atoms with Gasteiger partial charge >= 0.3 is 0 Å². The number of halogens is 1. The highest BCUT2D eigenvalue weighted by atomic mass is 19.1. The Hall–Kier alpha value is -1.50. The molecule has 0 radical (unpaired) electrons. The second kappa shape index (κ2) is 9.11. The first-order valence-corrected chi connectivity index (χ1v) is 8.47. The van der Waals surface area contributed by atoms with E-state index in [9.17, 15) is 14.3 Å². The summed E-state index contributed by atoms with van der Waals surface area (Å²) in [6, 6.07) is 5.63. The van der Waals surface area contributed by atoms with E-state index < -0.39 is 5.92 Å². The second-order valence-electron chi connectivity index (χ2n) is 6.68. The van der Waals surface area contributed by atoms with E-state index in [0.29, 0.717) is 24.6 Å². The van der Waals surface area contributed by atoms with Crippen molar-refractivity contribution in [1.82, 2.24) is 10.2 Å². The van der Waals surface area contributed by atoms with Crippen molar-refractivity contribution < 1.29 is 19.0 Å². The predicted octanol–water partition coefficient (Wildman–Crippen LogP) is 1.37. The minimum absolute atomic E-state index is 0.0472. The van der Waals surface area contributed by atoms with Crippen LogP contribution < -0.4 is 5.32 Å². The zero-order valence-electron chi connectivity index (χ0n) is 14.4. The van der Waals surface area contributed by atoms with Gasteiger partial charge < -0.3 is 15.2 Å². The van der Waals surface area contributed by atoms with Gasteiger partial charge in [0.15, 0.2) is 0 Å². The lowest BCUT2D eigenvalue weighted by Crippen LogP contribution is -2.49. The number of hydrogen-bond acceptors (Lipinski definition) is 4. The summed E-state index contributed by atoms with van der Waals surface area (Å²) in [5.74, 6) is -0.734. The number of hydrogen-bond donors (Lipinski definition) is 2. The fourth-order valence-electron chi connectivity index (χ4n) is 2.96. The third kappa shape index (κ3) is 5.54. The van der Waals surface area contributed by atoms with Gasteiger partial charge in [-0.1, -0.05) is 26.0 Å². The van der Waals surface area contributed by atoms with E-state index in [1.807, 2.05) is 0 Å². The average molecular weight is 338 g/mol. The molecule has 2 N–H and O–H groups in total. The minimum atomic E-state index is -0.694. The number of benzene rings is 1. The lowest BCUT2D eigenvalue weighted by atomic mass is 9.99. The van der Waals surface area contributed by atoms with Crippen molar-refractivity contribution in [2.24, 2.45) is 5.92 Å². The summed E-state index contributed by atoms with van der Waals surface area (Å²) in [7, 11) is 0. The smallest absolute Gasteiger partial charge is 0.229 e. The third-order valence-corrected chi connectivity index (χ3v) is 4.12. The van der Waals surface area contributed by atoms with Gasteiger partial charge in [0.05, 0.1) is 25.2 Å². The van der Waals surface area contributed by atoms with Crippen LogP contribution in [0.15, 0.2) is 24.3 Å². The van der Waals surface area contributed by atoms with Gasteiger partial charge in [-0.2, -0.15) is 0 Å². The number of carbonyl (C=O) groups excluding carboxylic acids is 1. The van der Waals surface area contributed by atoms with E-state index in [2.05, 4.69) is 24.1 Å². The summed E-state index contributed by atoms with van der Waals surface area (Å²) in [5, 5.41) is 12.3. The van der Waals surface area contributed by atoms with Crippen LogP contribution >= 0.6 is 0 Å². The molecule has 1 aliphatic heterocycles. The van der Waals surface area contributed by atoms with Crippen LogP contribution in [-0.4, -0.2) is 61.4 Å². The maximum Gasteiger partial charge on any atom is 0.229 e. The molecule has 1 aliphatic rings. The van der Waals surface area contributed by atoms with Crippen molar-refractivity contribution in [3.63, 3.8) is 0 Å². The zero-order valence-corrected chi connectivity index (χ0v) is 14.4. The van der Waals surface area contributed by atoms with Crippen LogP contribution in [0, 0.1) is 11.7 Å². The molecule has 1 aromatic rings. The first-order chi connectivity index (χ1) is 11.5. The highest BCUT2D eigenvalue weighted by Gasteiger charge is 2.24. The highest BCUT2D eigenvalue weighted by Crippen LogP contribution is 2.16.